The Morgan fingerprint density at radius 3 is 2.69 bits per heavy atom. The molecular formula is C23H21F2N5O2. The van der Waals surface area contributed by atoms with Crippen molar-refractivity contribution in [2.24, 2.45) is 0 Å². The predicted molar refractivity (Wildman–Crippen MR) is 119 cm³/mol. The standard InChI is InChI=1S/C23H21F2N5O2/c1-2-22(31)27-18-12-15(11-16(24)13-18)20-5-6-26-23(29-20)28-17-3-4-19(25)21(14-17)30-7-9-32-10-8-30/h2-6,11-14H,1,7-10H2,(H,27,31)(H,26,28,29). The molecule has 0 aliphatic carbocycles. The van der Waals surface area contributed by atoms with Crippen LogP contribution in [0.15, 0.2) is 61.3 Å². The van der Waals surface area contributed by atoms with Gasteiger partial charge in [0.15, 0.2) is 0 Å². The minimum absolute atomic E-state index is 0.267. The number of halogens is 2. The van der Waals surface area contributed by atoms with E-state index >= 15 is 0 Å². The number of anilines is 4. The Hall–Kier alpha value is -3.85. The van der Waals surface area contributed by atoms with Crippen LogP contribution in [0.4, 0.5) is 31.8 Å². The fraction of sp³-hybridized carbons (Fsp3) is 0.174. The van der Waals surface area contributed by atoms with Gasteiger partial charge in [0.2, 0.25) is 11.9 Å². The molecule has 0 unspecified atom stereocenters. The van der Waals surface area contributed by atoms with Gasteiger partial charge in [0.25, 0.3) is 0 Å². The number of nitrogens with one attached hydrogen (secondary N) is 2. The van der Waals surface area contributed by atoms with Crippen molar-refractivity contribution in [1.29, 1.82) is 0 Å². The van der Waals surface area contributed by atoms with E-state index in [1.54, 1.807) is 24.3 Å². The Kier molecular flexibility index (Phi) is 6.37. The van der Waals surface area contributed by atoms with Crippen molar-refractivity contribution < 1.29 is 18.3 Å². The van der Waals surface area contributed by atoms with Crippen LogP contribution in [-0.2, 0) is 9.53 Å². The number of aromatic nitrogens is 2. The number of ether oxygens (including phenoxy) is 1. The first-order chi connectivity index (χ1) is 15.5. The van der Waals surface area contributed by atoms with Gasteiger partial charge in [-0.2, -0.15) is 0 Å². The largest absolute Gasteiger partial charge is 0.378 e. The molecule has 2 aromatic carbocycles. The summed E-state index contributed by atoms with van der Waals surface area (Å²) in [5.41, 5.74) is 2.28. The van der Waals surface area contributed by atoms with Gasteiger partial charge in [-0.25, -0.2) is 18.7 Å². The Balaban J connectivity index is 1.58. The Morgan fingerprint density at radius 2 is 1.91 bits per heavy atom. The highest BCUT2D eigenvalue weighted by atomic mass is 19.1. The van der Waals surface area contributed by atoms with Gasteiger partial charge < -0.3 is 20.3 Å². The van der Waals surface area contributed by atoms with E-state index < -0.39 is 11.7 Å². The quantitative estimate of drug-likeness (QED) is 0.565. The van der Waals surface area contributed by atoms with Crippen LogP contribution < -0.4 is 15.5 Å². The molecule has 9 heteroatoms. The van der Waals surface area contributed by atoms with Gasteiger partial charge in [0.05, 0.1) is 24.6 Å². The van der Waals surface area contributed by atoms with Crippen LogP contribution in [0.5, 0.6) is 0 Å². The normalized spacial score (nSPS) is 13.5. The molecule has 0 saturated carbocycles. The van der Waals surface area contributed by atoms with Crippen molar-refractivity contribution in [2.75, 3.05) is 41.8 Å². The lowest BCUT2D eigenvalue weighted by Crippen LogP contribution is -2.36. The molecule has 1 aromatic heterocycles. The van der Waals surface area contributed by atoms with Gasteiger partial charge in [-0.05, 0) is 48.5 Å². The molecule has 3 aromatic rings. The van der Waals surface area contributed by atoms with Crippen molar-refractivity contribution >= 4 is 28.9 Å². The number of rotatable bonds is 6. The molecule has 32 heavy (non-hydrogen) atoms. The molecule has 164 valence electrons. The first-order valence-electron chi connectivity index (χ1n) is 9.98. The highest BCUT2D eigenvalue weighted by Crippen LogP contribution is 2.27. The van der Waals surface area contributed by atoms with E-state index in [9.17, 15) is 13.6 Å². The number of morpholine rings is 1. The number of carbonyl (C=O) groups excluding carboxylic acids is 1. The molecule has 1 saturated heterocycles. The summed E-state index contributed by atoms with van der Waals surface area (Å²) in [6, 6.07) is 10.4. The van der Waals surface area contributed by atoms with E-state index in [1.165, 1.54) is 24.4 Å². The van der Waals surface area contributed by atoms with Crippen LogP contribution in [-0.4, -0.2) is 42.2 Å². The number of benzene rings is 2. The minimum atomic E-state index is -0.524. The first-order valence-corrected chi connectivity index (χ1v) is 9.98. The highest BCUT2D eigenvalue weighted by molar-refractivity contribution is 5.99. The van der Waals surface area contributed by atoms with Gasteiger partial charge in [-0.3, -0.25) is 4.79 Å². The van der Waals surface area contributed by atoms with Crippen LogP contribution in [0.2, 0.25) is 0 Å². The van der Waals surface area contributed by atoms with Gasteiger partial charge in [-0.1, -0.05) is 6.58 Å². The summed E-state index contributed by atoms with van der Waals surface area (Å²) in [6.45, 7) is 5.69. The second-order valence-electron chi connectivity index (χ2n) is 7.08. The third-order valence-corrected chi connectivity index (χ3v) is 4.86. The lowest BCUT2D eigenvalue weighted by molar-refractivity contribution is -0.111. The topological polar surface area (TPSA) is 79.4 Å². The fourth-order valence-electron chi connectivity index (χ4n) is 3.35. The maximum absolute atomic E-state index is 14.4. The van der Waals surface area contributed by atoms with Crippen LogP contribution in [0.25, 0.3) is 11.3 Å². The summed E-state index contributed by atoms with van der Waals surface area (Å²) in [4.78, 5) is 22.1. The molecule has 1 amide bonds. The summed E-state index contributed by atoms with van der Waals surface area (Å²) in [6.07, 6.45) is 2.63. The summed E-state index contributed by atoms with van der Waals surface area (Å²) in [5.74, 6) is -1.02. The van der Waals surface area contributed by atoms with E-state index in [0.29, 0.717) is 48.9 Å². The van der Waals surface area contributed by atoms with Gasteiger partial charge >= 0.3 is 0 Å². The first kappa shape index (κ1) is 21.4. The van der Waals surface area contributed by atoms with Crippen molar-refractivity contribution in [2.45, 2.75) is 0 Å². The van der Waals surface area contributed by atoms with E-state index in [4.69, 9.17) is 4.74 Å². The summed E-state index contributed by atoms with van der Waals surface area (Å²) < 4.78 is 33.8. The van der Waals surface area contributed by atoms with Crippen LogP contribution in [0, 0.1) is 11.6 Å². The van der Waals surface area contributed by atoms with Gasteiger partial charge in [0.1, 0.15) is 11.6 Å². The predicted octanol–water partition coefficient (Wildman–Crippen LogP) is 4.13. The lowest BCUT2D eigenvalue weighted by atomic mass is 10.1. The molecule has 0 bridgehead atoms. The lowest BCUT2D eigenvalue weighted by Gasteiger charge is -2.29. The molecule has 2 heterocycles. The molecule has 4 rings (SSSR count). The number of amides is 1. The SMILES string of the molecule is C=CC(=O)Nc1cc(F)cc(-c2ccnc(Nc3ccc(F)c(N4CCOCC4)c3)n2)c1. The third-order valence-electron chi connectivity index (χ3n) is 4.86. The van der Waals surface area contributed by atoms with E-state index in [2.05, 4.69) is 27.2 Å². The van der Waals surface area contributed by atoms with Crippen molar-refractivity contribution in [3.8, 4) is 11.3 Å². The smallest absolute Gasteiger partial charge is 0.247 e. The van der Waals surface area contributed by atoms with E-state index in [-0.39, 0.29) is 17.5 Å². The monoisotopic (exact) mass is 437 g/mol. The fourth-order valence-corrected chi connectivity index (χ4v) is 3.35. The Morgan fingerprint density at radius 1 is 1.09 bits per heavy atom. The zero-order valence-electron chi connectivity index (χ0n) is 17.1. The zero-order chi connectivity index (χ0) is 22.5. The van der Waals surface area contributed by atoms with Crippen LogP contribution in [0.3, 0.4) is 0 Å². The minimum Gasteiger partial charge on any atom is -0.378 e. The average molecular weight is 437 g/mol. The van der Waals surface area contributed by atoms with Gasteiger partial charge in [-0.15, -0.1) is 0 Å². The van der Waals surface area contributed by atoms with Crippen molar-refractivity contribution in [1.82, 2.24) is 9.97 Å². The number of carbonyl (C=O) groups is 1. The molecule has 0 atom stereocenters. The molecule has 1 fully saturated rings. The molecule has 1 aliphatic rings. The van der Waals surface area contributed by atoms with Crippen molar-refractivity contribution in [3.05, 3.63) is 73.0 Å². The summed E-state index contributed by atoms with van der Waals surface area (Å²) >= 11 is 0. The number of hydrogen-bond donors (Lipinski definition) is 2. The molecule has 1 aliphatic heterocycles. The van der Waals surface area contributed by atoms with Crippen LogP contribution in [0.1, 0.15) is 0 Å². The molecule has 2 N–H and O–H groups in total. The molecular weight excluding hydrogens is 416 g/mol. The Labute approximate surface area is 183 Å². The molecule has 7 nitrogen and oxygen atoms in total. The summed E-state index contributed by atoms with van der Waals surface area (Å²) in [7, 11) is 0. The molecule has 0 spiro atoms. The summed E-state index contributed by atoms with van der Waals surface area (Å²) in [5, 5.41) is 5.60. The second-order valence-corrected chi connectivity index (χ2v) is 7.08. The maximum Gasteiger partial charge on any atom is 0.247 e. The number of hydrogen-bond acceptors (Lipinski definition) is 6. The highest BCUT2D eigenvalue weighted by Gasteiger charge is 2.16. The van der Waals surface area contributed by atoms with Crippen molar-refractivity contribution in [3.63, 3.8) is 0 Å². The zero-order valence-corrected chi connectivity index (χ0v) is 17.1. The van der Waals surface area contributed by atoms with E-state index in [1.807, 2.05) is 4.90 Å². The Bertz CT molecular complexity index is 1150. The van der Waals surface area contributed by atoms with E-state index in [0.717, 1.165) is 6.08 Å². The number of nitrogens with zero attached hydrogens (tertiary/aromatic N) is 3. The average Bonchev–Trinajstić information content (AvgIpc) is 2.80. The third kappa shape index (κ3) is 5.06. The second kappa shape index (κ2) is 9.52. The van der Waals surface area contributed by atoms with Crippen LogP contribution >= 0.6 is 0 Å². The molecule has 0 radical (unpaired) electrons. The van der Waals surface area contributed by atoms with Gasteiger partial charge in [0, 0.05) is 36.2 Å². The maximum atomic E-state index is 14.4.